The molecule has 0 amide bonds. The van der Waals surface area contributed by atoms with E-state index in [9.17, 15) is 8.42 Å². The van der Waals surface area contributed by atoms with Crippen molar-refractivity contribution < 1.29 is 8.42 Å². The molecule has 1 saturated heterocycles. The molecule has 3 N–H and O–H groups in total. The Morgan fingerprint density at radius 1 is 1.19 bits per heavy atom. The molecule has 1 aromatic carbocycles. The average Bonchev–Trinajstić information content (AvgIpc) is 2.42. The lowest BCUT2D eigenvalue weighted by Gasteiger charge is -2.41. The van der Waals surface area contributed by atoms with Gasteiger partial charge in [0.15, 0.2) is 0 Å². The first kappa shape index (κ1) is 16.4. The Kier molecular flexibility index (Phi) is 5.03. The first-order chi connectivity index (χ1) is 9.79. The van der Waals surface area contributed by atoms with Crippen LogP contribution in [-0.4, -0.2) is 25.5 Å². The van der Waals surface area contributed by atoms with E-state index in [4.69, 9.17) is 5.14 Å². The van der Waals surface area contributed by atoms with E-state index in [1.807, 2.05) is 12.1 Å². The number of benzene rings is 1. The second-order valence-electron chi connectivity index (χ2n) is 6.00. The molecule has 5 nitrogen and oxygen atoms in total. The van der Waals surface area contributed by atoms with Gasteiger partial charge in [-0.1, -0.05) is 18.6 Å². The summed E-state index contributed by atoms with van der Waals surface area (Å²) in [6, 6.07) is 7.91. The van der Waals surface area contributed by atoms with Gasteiger partial charge in [0.25, 0.3) is 0 Å². The van der Waals surface area contributed by atoms with Crippen LogP contribution in [0.1, 0.15) is 51.6 Å². The predicted molar refractivity (Wildman–Crippen MR) is 84.0 cm³/mol. The summed E-state index contributed by atoms with van der Waals surface area (Å²) in [5, 5.41) is 7.44. The normalized spacial score (nSPS) is 25.7. The maximum Gasteiger partial charge on any atom is 0.238 e. The summed E-state index contributed by atoms with van der Waals surface area (Å²) in [5.74, 6) is 0. The van der Waals surface area contributed by atoms with Crippen LogP contribution in [0.15, 0.2) is 29.2 Å². The largest absolute Gasteiger partial charge is 0.247 e. The molecule has 0 aromatic heterocycles. The molecule has 3 atom stereocenters. The standard InChI is InChI=1S/C15H25N3O2S/c1-11-5-4-6-12(2)18(11)17-13(3)14-7-9-15(10-8-14)21(16,19)20/h7-13,17H,4-6H2,1-3H3,(H2,16,19,20). The summed E-state index contributed by atoms with van der Waals surface area (Å²) in [4.78, 5) is 0.151. The molecule has 0 saturated carbocycles. The van der Waals surface area contributed by atoms with Crippen LogP contribution in [0.2, 0.25) is 0 Å². The highest BCUT2D eigenvalue weighted by molar-refractivity contribution is 7.89. The van der Waals surface area contributed by atoms with Gasteiger partial charge >= 0.3 is 0 Å². The second kappa shape index (κ2) is 6.44. The van der Waals surface area contributed by atoms with Gasteiger partial charge in [0.2, 0.25) is 10.0 Å². The second-order valence-corrected chi connectivity index (χ2v) is 7.56. The van der Waals surface area contributed by atoms with Crippen LogP contribution >= 0.6 is 0 Å². The molecule has 2 rings (SSSR count). The number of nitrogens with one attached hydrogen (secondary N) is 1. The number of primary sulfonamides is 1. The van der Waals surface area contributed by atoms with Crippen LogP contribution in [-0.2, 0) is 10.0 Å². The Morgan fingerprint density at radius 2 is 1.71 bits per heavy atom. The van der Waals surface area contributed by atoms with Gasteiger partial charge in [-0.2, -0.15) is 0 Å². The zero-order valence-electron chi connectivity index (χ0n) is 12.9. The third-order valence-electron chi connectivity index (χ3n) is 4.24. The van der Waals surface area contributed by atoms with Crippen LogP contribution in [0.5, 0.6) is 0 Å². The van der Waals surface area contributed by atoms with Crippen LogP contribution in [0, 0.1) is 0 Å². The quantitative estimate of drug-likeness (QED) is 0.893. The summed E-state index contributed by atoms with van der Waals surface area (Å²) in [6.07, 6.45) is 3.68. The molecule has 21 heavy (non-hydrogen) atoms. The molecule has 118 valence electrons. The highest BCUT2D eigenvalue weighted by atomic mass is 32.2. The van der Waals surface area contributed by atoms with Crippen molar-refractivity contribution in [2.75, 3.05) is 0 Å². The van der Waals surface area contributed by atoms with Gasteiger partial charge in [0.1, 0.15) is 0 Å². The number of hydrogen-bond donors (Lipinski definition) is 2. The van der Waals surface area contributed by atoms with Crippen LogP contribution < -0.4 is 10.6 Å². The van der Waals surface area contributed by atoms with Crippen LogP contribution in [0.3, 0.4) is 0 Å². The van der Waals surface area contributed by atoms with Crippen molar-refractivity contribution in [1.82, 2.24) is 10.4 Å². The zero-order chi connectivity index (χ0) is 15.6. The Labute approximate surface area is 127 Å². The third kappa shape index (κ3) is 4.03. The number of piperidine rings is 1. The Hall–Kier alpha value is -0.950. The smallest absolute Gasteiger partial charge is 0.238 e. The predicted octanol–water partition coefficient (Wildman–Crippen LogP) is 2.16. The topological polar surface area (TPSA) is 75.4 Å². The van der Waals surface area contributed by atoms with E-state index in [1.54, 1.807) is 12.1 Å². The van der Waals surface area contributed by atoms with Gasteiger partial charge in [-0.05, 0) is 51.3 Å². The molecule has 1 aromatic rings. The van der Waals surface area contributed by atoms with Crippen molar-refractivity contribution in [3.63, 3.8) is 0 Å². The van der Waals surface area contributed by atoms with Crippen molar-refractivity contribution >= 4 is 10.0 Å². The molecule has 0 aliphatic carbocycles. The molecule has 0 radical (unpaired) electrons. The molecule has 3 unspecified atom stereocenters. The summed E-state index contributed by atoms with van der Waals surface area (Å²) in [7, 11) is -3.62. The Bertz CT molecular complexity index is 561. The minimum Gasteiger partial charge on any atom is -0.247 e. The molecule has 1 fully saturated rings. The summed E-state index contributed by atoms with van der Waals surface area (Å²) in [6.45, 7) is 6.55. The molecule has 0 spiro atoms. The van der Waals surface area contributed by atoms with Gasteiger partial charge in [-0.3, -0.25) is 0 Å². The van der Waals surface area contributed by atoms with E-state index in [1.165, 1.54) is 19.3 Å². The SMILES string of the molecule is CC(NN1C(C)CCCC1C)c1ccc(S(N)(=O)=O)cc1. The van der Waals surface area contributed by atoms with Crippen molar-refractivity contribution in [3.05, 3.63) is 29.8 Å². The molecule has 0 bridgehead atoms. The maximum absolute atomic E-state index is 11.3. The lowest BCUT2D eigenvalue weighted by atomic mass is 9.99. The summed E-state index contributed by atoms with van der Waals surface area (Å²) in [5.41, 5.74) is 4.59. The van der Waals surface area contributed by atoms with Gasteiger partial charge in [0.05, 0.1) is 4.90 Å². The van der Waals surface area contributed by atoms with Gasteiger partial charge in [0, 0.05) is 18.1 Å². The number of hydrogen-bond acceptors (Lipinski definition) is 4. The molecule has 1 aliphatic heterocycles. The van der Waals surface area contributed by atoms with Crippen molar-refractivity contribution in [1.29, 1.82) is 0 Å². The zero-order valence-corrected chi connectivity index (χ0v) is 13.7. The van der Waals surface area contributed by atoms with Crippen molar-refractivity contribution in [3.8, 4) is 0 Å². The summed E-state index contributed by atoms with van der Waals surface area (Å²) >= 11 is 0. The maximum atomic E-state index is 11.3. The number of rotatable bonds is 4. The number of hydrazine groups is 1. The lowest BCUT2D eigenvalue weighted by Crippen LogP contribution is -2.52. The molecule has 6 heteroatoms. The molecule has 1 aliphatic rings. The minimum atomic E-state index is -3.62. The van der Waals surface area contributed by atoms with Crippen LogP contribution in [0.25, 0.3) is 0 Å². The van der Waals surface area contributed by atoms with E-state index >= 15 is 0 Å². The van der Waals surface area contributed by atoms with E-state index < -0.39 is 10.0 Å². The fourth-order valence-corrected chi connectivity index (χ4v) is 3.44. The Morgan fingerprint density at radius 3 is 2.19 bits per heavy atom. The molecular formula is C15H25N3O2S. The number of nitrogens with two attached hydrogens (primary N) is 1. The van der Waals surface area contributed by atoms with E-state index in [0.717, 1.165) is 5.56 Å². The fraction of sp³-hybridized carbons (Fsp3) is 0.600. The third-order valence-corrected chi connectivity index (χ3v) is 5.17. The number of nitrogens with zero attached hydrogens (tertiary/aromatic N) is 1. The van der Waals surface area contributed by atoms with E-state index in [-0.39, 0.29) is 10.9 Å². The monoisotopic (exact) mass is 311 g/mol. The first-order valence-electron chi connectivity index (χ1n) is 7.46. The highest BCUT2D eigenvalue weighted by Gasteiger charge is 2.26. The molecule has 1 heterocycles. The van der Waals surface area contributed by atoms with Gasteiger partial charge < -0.3 is 0 Å². The number of sulfonamides is 1. The fourth-order valence-electron chi connectivity index (χ4n) is 2.92. The van der Waals surface area contributed by atoms with Gasteiger partial charge in [-0.15, -0.1) is 0 Å². The minimum absolute atomic E-state index is 0.127. The summed E-state index contributed by atoms with van der Waals surface area (Å²) < 4.78 is 22.5. The van der Waals surface area contributed by atoms with Gasteiger partial charge in [-0.25, -0.2) is 24.0 Å². The molecular weight excluding hydrogens is 286 g/mol. The van der Waals surface area contributed by atoms with Crippen LogP contribution in [0.4, 0.5) is 0 Å². The highest BCUT2D eigenvalue weighted by Crippen LogP contribution is 2.23. The van der Waals surface area contributed by atoms with E-state index in [2.05, 4.69) is 31.2 Å². The Balaban J connectivity index is 2.08. The van der Waals surface area contributed by atoms with E-state index in [0.29, 0.717) is 12.1 Å². The lowest BCUT2D eigenvalue weighted by molar-refractivity contribution is 0.0320. The first-order valence-corrected chi connectivity index (χ1v) is 9.01. The average molecular weight is 311 g/mol. The van der Waals surface area contributed by atoms with Crippen molar-refractivity contribution in [2.24, 2.45) is 5.14 Å². The van der Waals surface area contributed by atoms with Crippen molar-refractivity contribution in [2.45, 2.75) is 63.1 Å².